The van der Waals surface area contributed by atoms with Crippen molar-refractivity contribution in [3.63, 3.8) is 0 Å². The lowest BCUT2D eigenvalue weighted by atomic mass is 9.47. The highest BCUT2D eigenvalue weighted by molar-refractivity contribution is 5.95. The smallest absolute Gasteiger partial charge is 0.316 e. The lowest BCUT2D eigenvalue weighted by Crippen LogP contribution is -2.55. The Labute approximate surface area is 160 Å². The van der Waals surface area contributed by atoms with Crippen LogP contribution in [0.4, 0.5) is 0 Å². The molecule has 3 fully saturated rings. The van der Waals surface area contributed by atoms with E-state index in [0.29, 0.717) is 24.7 Å². The Kier molecular flexibility index (Phi) is 4.47. The molecule has 0 N–H and O–H groups in total. The second-order valence-corrected chi connectivity index (χ2v) is 9.23. The number of methoxy groups -OCH3 is 1. The summed E-state index contributed by atoms with van der Waals surface area (Å²) in [6.45, 7) is 3.76. The van der Waals surface area contributed by atoms with Gasteiger partial charge in [0.15, 0.2) is 5.78 Å². The van der Waals surface area contributed by atoms with Gasteiger partial charge in [-0.1, -0.05) is 6.92 Å². The van der Waals surface area contributed by atoms with Gasteiger partial charge in [0.25, 0.3) is 0 Å². The first kappa shape index (κ1) is 18.7. The molecule has 0 bridgehead atoms. The van der Waals surface area contributed by atoms with Gasteiger partial charge < -0.3 is 9.47 Å². The molecule has 3 saturated carbocycles. The zero-order chi connectivity index (χ0) is 19.4. The second-order valence-electron chi connectivity index (χ2n) is 9.23. The van der Waals surface area contributed by atoms with E-state index in [1.807, 2.05) is 0 Å². The van der Waals surface area contributed by atoms with Crippen molar-refractivity contribution < 1.29 is 23.9 Å². The highest BCUT2D eigenvalue weighted by Crippen LogP contribution is 2.66. The first-order valence-electron chi connectivity index (χ1n) is 10.3. The third kappa shape index (κ3) is 2.60. The van der Waals surface area contributed by atoms with Gasteiger partial charge >= 0.3 is 11.9 Å². The second kappa shape index (κ2) is 6.46. The molecule has 4 rings (SSSR count). The van der Waals surface area contributed by atoms with Crippen molar-refractivity contribution in [3.8, 4) is 0 Å². The van der Waals surface area contributed by atoms with E-state index in [0.717, 1.165) is 44.1 Å². The number of ketones is 1. The number of carbonyl (C=O) groups is 3. The molecule has 0 aromatic carbocycles. The van der Waals surface area contributed by atoms with Crippen LogP contribution in [0.25, 0.3) is 0 Å². The van der Waals surface area contributed by atoms with Crippen LogP contribution < -0.4 is 0 Å². The minimum atomic E-state index is -0.619. The summed E-state index contributed by atoms with van der Waals surface area (Å²) in [5, 5.41) is 0. The van der Waals surface area contributed by atoms with Gasteiger partial charge in [-0.05, 0) is 74.3 Å². The van der Waals surface area contributed by atoms with E-state index in [4.69, 9.17) is 9.47 Å². The number of hydrogen-bond acceptors (Lipinski definition) is 5. The Balaban J connectivity index is 1.70. The van der Waals surface area contributed by atoms with Crippen LogP contribution in [-0.2, 0) is 23.9 Å². The van der Waals surface area contributed by atoms with Crippen molar-refractivity contribution in [1.29, 1.82) is 0 Å². The van der Waals surface area contributed by atoms with Gasteiger partial charge in [0, 0.05) is 18.8 Å². The Morgan fingerprint density at radius 3 is 2.56 bits per heavy atom. The SMILES string of the molecule is COC(=O)[C@]12CCC(=O)C=C1CC[C@H]1[C@H]2CC[C@@]2(C)[C@@H](OC(C)=O)CC[C@@H]12. The normalized spacial score (nSPS) is 43.1. The maximum absolute atomic E-state index is 13.0. The topological polar surface area (TPSA) is 69.7 Å². The van der Waals surface area contributed by atoms with Crippen LogP contribution in [0, 0.1) is 28.6 Å². The van der Waals surface area contributed by atoms with Crippen LogP contribution in [0.15, 0.2) is 11.6 Å². The largest absolute Gasteiger partial charge is 0.468 e. The Bertz CT molecular complexity index is 709. The van der Waals surface area contributed by atoms with Crippen molar-refractivity contribution in [1.82, 2.24) is 0 Å². The molecular formula is C22H30O5. The van der Waals surface area contributed by atoms with E-state index in [-0.39, 0.29) is 35.2 Å². The molecule has 0 amide bonds. The molecule has 27 heavy (non-hydrogen) atoms. The summed E-state index contributed by atoms with van der Waals surface area (Å²) in [5.74, 6) is 0.894. The van der Waals surface area contributed by atoms with E-state index in [2.05, 4.69) is 6.92 Å². The number of hydrogen-bond donors (Lipinski definition) is 0. The summed E-state index contributed by atoms with van der Waals surface area (Å²) in [7, 11) is 1.47. The first-order chi connectivity index (χ1) is 12.8. The summed E-state index contributed by atoms with van der Waals surface area (Å²) in [6.07, 6.45) is 8.39. The van der Waals surface area contributed by atoms with E-state index >= 15 is 0 Å². The van der Waals surface area contributed by atoms with Gasteiger partial charge in [0.2, 0.25) is 0 Å². The molecule has 6 atom stereocenters. The molecule has 0 aromatic heterocycles. The van der Waals surface area contributed by atoms with Crippen LogP contribution in [0.5, 0.6) is 0 Å². The van der Waals surface area contributed by atoms with Crippen molar-refractivity contribution in [2.45, 2.75) is 71.3 Å². The molecule has 4 aliphatic carbocycles. The minimum absolute atomic E-state index is 0.00412. The van der Waals surface area contributed by atoms with Crippen molar-refractivity contribution in [2.24, 2.45) is 28.6 Å². The lowest BCUT2D eigenvalue weighted by molar-refractivity contribution is -0.167. The van der Waals surface area contributed by atoms with E-state index in [1.54, 1.807) is 6.08 Å². The Morgan fingerprint density at radius 2 is 1.85 bits per heavy atom. The van der Waals surface area contributed by atoms with Crippen molar-refractivity contribution in [2.75, 3.05) is 7.11 Å². The highest BCUT2D eigenvalue weighted by Gasteiger charge is 2.63. The van der Waals surface area contributed by atoms with Gasteiger partial charge in [-0.15, -0.1) is 0 Å². The molecule has 0 radical (unpaired) electrons. The molecule has 0 spiro atoms. The highest BCUT2D eigenvalue weighted by atomic mass is 16.5. The zero-order valence-corrected chi connectivity index (χ0v) is 16.6. The molecule has 0 aliphatic heterocycles. The van der Waals surface area contributed by atoms with E-state index in [1.165, 1.54) is 14.0 Å². The minimum Gasteiger partial charge on any atom is -0.468 e. The predicted molar refractivity (Wildman–Crippen MR) is 98.6 cm³/mol. The molecule has 0 aromatic rings. The van der Waals surface area contributed by atoms with Crippen LogP contribution in [0.2, 0.25) is 0 Å². The molecule has 5 heteroatoms. The average Bonchev–Trinajstić information content (AvgIpc) is 2.96. The molecule has 5 nitrogen and oxygen atoms in total. The summed E-state index contributed by atoms with van der Waals surface area (Å²) in [5.41, 5.74) is 0.382. The van der Waals surface area contributed by atoms with Crippen LogP contribution in [0.3, 0.4) is 0 Å². The maximum Gasteiger partial charge on any atom is 0.316 e. The summed E-state index contributed by atoms with van der Waals surface area (Å²) < 4.78 is 11.0. The third-order valence-electron chi connectivity index (χ3n) is 8.26. The average molecular weight is 374 g/mol. The number of rotatable bonds is 2. The number of ether oxygens (including phenoxy) is 2. The molecule has 0 unspecified atom stereocenters. The van der Waals surface area contributed by atoms with Crippen LogP contribution in [0.1, 0.15) is 65.2 Å². The fraction of sp³-hybridized carbons (Fsp3) is 0.773. The summed E-state index contributed by atoms with van der Waals surface area (Å²) in [4.78, 5) is 36.6. The van der Waals surface area contributed by atoms with Gasteiger partial charge in [-0.3, -0.25) is 14.4 Å². The fourth-order valence-corrected chi connectivity index (χ4v) is 7.13. The van der Waals surface area contributed by atoms with Gasteiger partial charge in [-0.25, -0.2) is 0 Å². The predicted octanol–water partition coefficient (Wildman–Crippen LogP) is 3.60. The fourth-order valence-electron chi connectivity index (χ4n) is 7.13. The van der Waals surface area contributed by atoms with Crippen LogP contribution >= 0.6 is 0 Å². The summed E-state index contributed by atoms with van der Waals surface area (Å²) >= 11 is 0. The Morgan fingerprint density at radius 1 is 1.07 bits per heavy atom. The van der Waals surface area contributed by atoms with Crippen molar-refractivity contribution >= 4 is 17.7 Å². The number of esters is 2. The summed E-state index contributed by atoms with van der Waals surface area (Å²) in [6, 6.07) is 0. The lowest BCUT2D eigenvalue weighted by Gasteiger charge is -2.57. The molecule has 148 valence electrons. The third-order valence-corrected chi connectivity index (χ3v) is 8.26. The van der Waals surface area contributed by atoms with Gasteiger partial charge in [0.05, 0.1) is 12.5 Å². The maximum atomic E-state index is 13.0. The quantitative estimate of drug-likeness (QED) is 0.691. The monoisotopic (exact) mass is 374 g/mol. The molecular weight excluding hydrogens is 344 g/mol. The molecule has 0 saturated heterocycles. The van der Waals surface area contributed by atoms with Crippen LogP contribution in [-0.4, -0.2) is 30.9 Å². The zero-order valence-electron chi connectivity index (χ0n) is 16.6. The van der Waals surface area contributed by atoms with Gasteiger partial charge in [0.1, 0.15) is 6.10 Å². The number of fused-ring (bicyclic) bond motifs is 5. The standard InChI is InChI=1S/C22H30O5/c1-13(23)27-19-7-6-17-16-5-4-14-12-15(24)8-11-22(14,20(25)26-3)18(16)9-10-21(17,19)2/h12,16-19H,4-11H2,1-3H3/t16-,17+,18-,19+,21-,22-/m1/s1. The molecule has 4 aliphatic rings. The Hall–Kier alpha value is -1.65. The first-order valence-corrected chi connectivity index (χ1v) is 10.3. The van der Waals surface area contributed by atoms with Crippen molar-refractivity contribution in [3.05, 3.63) is 11.6 Å². The van der Waals surface area contributed by atoms with Gasteiger partial charge in [-0.2, -0.15) is 0 Å². The molecule has 0 heterocycles. The number of carbonyl (C=O) groups excluding carboxylic acids is 3. The van der Waals surface area contributed by atoms with E-state index in [9.17, 15) is 14.4 Å². The van der Waals surface area contributed by atoms with E-state index < -0.39 is 5.41 Å².